The zero-order chi connectivity index (χ0) is 17.6. The monoisotopic (exact) mass is 394 g/mol. The topological polar surface area (TPSA) is 84.0 Å². The summed E-state index contributed by atoms with van der Waals surface area (Å²) in [5.41, 5.74) is 0.134. The van der Waals surface area contributed by atoms with Crippen LogP contribution >= 0.6 is 34.4 Å². The number of para-hydroxylation sites is 1. The first-order valence-corrected chi connectivity index (χ1v) is 9.65. The van der Waals surface area contributed by atoms with E-state index in [1.807, 2.05) is 5.38 Å². The van der Waals surface area contributed by atoms with Gasteiger partial charge in [-0.2, -0.15) is 0 Å². The molecule has 2 amide bonds. The number of anilines is 2. The number of hydrogen-bond acceptors (Lipinski definition) is 7. The van der Waals surface area contributed by atoms with Crippen LogP contribution in [0.2, 0.25) is 0 Å². The molecule has 0 aliphatic rings. The van der Waals surface area contributed by atoms with E-state index in [2.05, 4.69) is 20.8 Å². The van der Waals surface area contributed by atoms with Gasteiger partial charge in [-0.1, -0.05) is 41.3 Å². The Bertz CT molecular complexity index is 883. The zero-order valence-electron chi connectivity index (χ0n) is 12.6. The van der Waals surface area contributed by atoms with Crippen molar-refractivity contribution in [1.82, 2.24) is 10.2 Å². The fraction of sp³-hybridized carbons (Fsp3) is 0.0667. The van der Waals surface area contributed by atoms with Gasteiger partial charge in [0.2, 0.25) is 11.0 Å². The van der Waals surface area contributed by atoms with Crippen LogP contribution < -0.4 is 10.6 Å². The number of nitrogens with one attached hydrogen (secondary N) is 2. The SMILES string of the molecule is O=C(CSc1nnc(NC(=O)c2cccs2)s1)Nc1ccccc1F. The van der Waals surface area contributed by atoms with E-state index in [4.69, 9.17) is 0 Å². The average Bonchev–Trinajstić information content (AvgIpc) is 3.27. The van der Waals surface area contributed by atoms with Crippen molar-refractivity contribution in [3.05, 3.63) is 52.5 Å². The van der Waals surface area contributed by atoms with E-state index >= 15 is 0 Å². The summed E-state index contributed by atoms with van der Waals surface area (Å²) >= 11 is 3.66. The number of thioether (sulfide) groups is 1. The van der Waals surface area contributed by atoms with E-state index in [0.29, 0.717) is 14.3 Å². The minimum Gasteiger partial charge on any atom is -0.323 e. The molecule has 2 heterocycles. The van der Waals surface area contributed by atoms with Gasteiger partial charge in [-0.05, 0) is 23.6 Å². The number of halogens is 1. The molecule has 6 nitrogen and oxygen atoms in total. The van der Waals surface area contributed by atoms with E-state index in [-0.39, 0.29) is 23.3 Å². The molecule has 3 rings (SSSR count). The highest BCUT2D eigenvalue weighted by molar-refractivity contribution is 8.01. The molecule has 128 valence electrons. The predicted molar refractivity (Wildman–Crippen MR) is 97.9 cm³/mol. The third kappa shape index (κ3) is 4.84. The molecule has 25 heavy (non-hydrogen) atoms. The van der Waals surface area contributed by atoms with Gasteiger partial charge in [-0.15, -0.1) is 21.5 Å². The van der Waals surface area contributed by atoms with Crippen molar-refractivity contribution < 1.29 is 14.0 Å². The van der Waals surface area contributed by atoms with E-state index < -0.39 is 5.82 Å². The molecule has 3 aromatic rings. The average molecular weight is 394 g/mol. The third-order valence-corrected chi connectivity index (χ3v) is 5.69. The Morgan fingerprint density at radius 1 is 1.12 bits per heavy atom. The number of aromatic nitrogens is 2. The van der Waals surface area contributed by atoms with Crippen LogP contribution in [0.4, 0.5) is 15.2 Å². The van der Waals surface area contributed by atoms with E-state index in [1.165, 1.54) is 34.8 Å². The van der Waals surface area contributed by atoms with Gasteiger partial charge in [0.15, 0.2) is 4.34 Å². The zero-order valence-corrected chi connectivity index (χ0v) is 15.0. The van der Waals surface area contributed by atoms with Crippen molar-refractivity contribution in [3.63, 3.8) is 0 Å². The third-order valence-electron chi connectivity index (χ3n) is 2.85. The van der Waals surface area contributed by atoms with Crippen molar-refractivity contribution in [1.29, 1.82) is 0 Å². The van der Waals surface area contributed by atoms with Gasteiger partial charge < -0.3 is 5.32 Å². The minimum absolute atomic E-state index is 0.0574. The quantitative estimate of drug-likeness (QED) is 0.492. The Kier molecular flexibility index (Phi) is 5.74. The maximum absolute atomic E-state index is 13.5. The van der Waals surface area contributed by atoms with Crippen LogP contribution in [0.3, 0.4) is 0 Å². The molecule has 0 radical (unpaired) electrons. The van der Waals surface area contributed by atoms with Gasteiger partial charge in [0.1, 0.15) is 5.82 Å². The first-order chi connectivity index (χ1) is 12.1. The second-order valence-electron chi connectivity index (χ2n) is 4.62. The summed E-state index contributed by atoms with van der Waals surface area (Å²) in [5, 5.41) is 15.1. The van der Waals surface area contributed by atoms with Crippen molar-refractivity contribution in [2.45, 2.75) is 4.34 Å². The Morgan fingerprint density at radius 2 is 1.96 bits per heavy atom. The molecular formula is C15H11FN4O2S3. The van der Waals surface area contributed by atoms with Gasteiger partial charge in [0.25, 0.3) is 5.91 Å². The molecule has 0 spiro atoms. The summed E-state index contributed by atoms with van der Waals surface area (Å²) in [6.45, 7) is 0. The first kappa shape index (κ1) is 17.5. The molecule has 0 unspecified atom stereocenters. The lowest BCUT2D eigenvalue weighted by atomic mass is 10.3. The number of carbonyl (C=O) groups excluding carboxylic acids is 2. The maximum atomic E-state index is 13.5. The van der Waals surface area contributed by atoms with Gasteiger partial charge in [0.05, 0.1) is 16.3 Å². The second kappa shape index (κ2) is 8.19. The fourth-order valence-corrected chi connectivity index (χ4v) is 3.93. The fourth-order valence-electron chi connectivity index (χ4n) is 1.76. The number of amides is 2. The molecule has 0 aliphatic heterocycles. The maximum Gasteiger partial charge on any atom is 0.267 e. The van der Waals surface area contributed by atoms with E-state index in [0.717, 1.165) is 11.8 Å². The molecule has 0 saturated heterocycles. The highest BCUT2D eigenvalue weighted by Gasteiger charge is 2.13. The van der Waals surface area contributed by atoms with Crippen molar-refractivity contribution in [2.75, 3.05) is 16.4 Å². The highest BCUT2D eigenvalue weighted by Crippen LogP contribution is 2.26. The number of carbonyl (C=O) groups is 2. The van der Waals surface area contributed by atoms with Crippen molar-refractivity contribution in [2.24, 2.45) is 0 Å². The summed E-state index contributed by atoms with van der Waals surface area (Å²) < 4.78 is 14.0. The molecule has 0 aliphatic carbocycles. The molecular weight excluding hydrogens is 383 g/mol. The standard InChI is InChI=1S/C15H11FN4O2S3/c16-9-4-1-2-5-10(9)17-12(21)8-24-15-20-19-14(25-15)18-13(22)11-6-3-7-23-11/h1-7H,8H2,(H,17,21)(H,18,19,22). The molecule has 1 aromatic carbocycles. The lowest BCUT2D eigenvalue weighted by molar-refractivity contribution is -0.113. The molecule has 10 heteroatoms. The van der Waals surface area contributed by atoms with Crippen LogP contribution in [0.5, 0.6) is 0 Å². The van der Waals surface area contributed by atoms with Crippen molar-refractivity contribution >= 4 is 57.1 Å². The van der Waals surface area contributed by atoms with E-state index in [9.17, 15) is 14.0 Å². The molecule has 0 saturated carbocycles. The van der Waals surface area contributed by atoms with Gasteiger partial charge in [-0.3, -0.25) is 14.9 Å². The lowest BCUT2D eigenvalue weighted by Gasteiger charge is -2.04. The van der Waals surface area contributed by atoms with Gasteiger partial charge >= 0.3 is 0 Å². The van der Waals surface area contributed by atoms with Crippen LogP contribution in [-0.2, 0) is 4.79 Å². The lowest BCUT2D eigenvalue weighted by Crippen LogP contribution is -2.14. The molecule has 0 fully saturated rings. The smallest absolute Gasteiger partial charge is 0.267 e. The number of rotatable bonds is 6. The van der Waals surface area contributed by atoms with Crippen LogP contribution in [0, 0.1) is 5.82 Å². The molecule has 0 atom stereocenters. The van der Waals surface area contributed by atoms with Crippen LogP contribution in [-0.4, -0.2) is 27.8 Å². The number of hydrogen-bond donors (Lipinski definition) is 2. The Morgan fingerprint density at radius 3 is 2.72 bits per heavy atom. The van der Waals surface area contributed by atoms with Crippen LogP contribution in [0.25, 0.3) is 0 Å². The summed E-state index contributed by atoms with van der Waals surface area (Å²) in [5.74, 6) is -1.04. The van der Waals surface area contributed by atoms with Crippen LogP contribution in [0.1, 0.15) is 9.67 Å². The Balaban J connectivity index is 1.51. The first-order valence-electron chi connectivity index (χ1n) is 6.97. The summed E-state index contributed by atoms with van der Waals surface area (Å²) in [4.78, 5) is 24.4. The number of nitrogens with zero attached hydrogens (tertiary/aromatic N) is 2. The highest BCUT2D eigenvalue weighted by atomic mass is 32.2. The molecule has 2 aromatic heterocycles. The van der Waals surface area contributed by atoms with Gasteiger partial charge in [-0.25, -0.2) is 4.39 Å². The molecule has 2 N–H and O–H groups in total. The van der Waals surface area contributed by atoms with Crippen LogP contribution in [0.15, 0.2) is 46.1 Å². The predicted octanol–water partition coefficient (Wildman–Crippen LogP) is 3.72. The second-order valence-corrected chi connectivity index (χ2v) is 7.77. The van der Waals surface area contributed by atoms with Crippen molar-refractivity contribution in [3.8, 4) is 0 Å². The van der Waals surface area contributed by atoms with Gasteiger partial charge in [0, 0.05) is 0 Å². The summed E-state index contributed by atoms with van der Waals surface area (Å²) in [6, 6.07) is 9.45. The normalized spacial score (nSPS) is 10.4. The van der Waals surface area contributed by atoms with E-state index in [1.54, 1.807) is 24.3 Å². The number of thiophene rings is 1. The Hall–Kier alpha value is -2.30. The largest absolute Gasteiger partial charge is 0.323 e. The summed E-state index contributed by atoms with van der Waals surface area (Å²) in [6.07, 6.45) is 0. The summed E-state index contributed by atoms with van der Waals surface area (Å²) in [7, 11) is 0. The minimum atomic E-state index is -0.490. The molecule has 0 bridgehead atoms. The Labute approximate surface area is 154 Å². The number of benzene rings is 1.